The van der Waals surface area contributed by atoms with Crippen LogP contribution in [-0.4, -0.2) is 13.3 Å². The van der Waals surface area contributed by atoms with Gasteiger partial charge in [0.1, 0.15) is 0 Å². The minimum Gasteiger partial charge on any atom is -0.454 e. The van der Waals surface area contributed by atoms with Crippen molar-refractivity contribution in [3.05, 3.63) is 23.8 Å². The van der Waals surface area contributed by atoms with Gasteiger partial charge in [0.15, 0.2) is 11.5 Å². The van der Waals surface area contributed by atoms with Crippen LogP contribution in [0.25, 0.3) is 0 Å². The van der Waals surface area contributed by atoms with E-state index in [1.54, 1.807) is 0 Å². The molecule has 0 saturated heterocycles. The number of rotatable bonds is 4. The largest absolute Gasteiger partial charge is 0.454 e. The molecule has 0 saturated carbocycles. The Morgan fingerprint density at radius 3 is 3.00 bits per heavy atom. The van der Waals surface area contributed by atoms with Crippen molar-refractivity contribution in [2.75, 3.05) is 13.3 Å². The van der Waals surface area contributed by atoms with Gasteiger partial charge in [-0.2, -0.15) is 0 Å². The van der Waals surface area contributed by atoms with Crippen LogP contribution in [0, 0.1) is 5.92 Å². The fourth-order valence-electron chi connectivity index (χ4n) is 1.63. The van der Waals surface area contributed by atoms with Gasteiger partial charge in [-0.1, -0.05) is 26.0 Å². The van der Waals surface area contributed by atoms with E-state index in [-0.39, 0.29) is 0 Å². The summed E-state index contributed by atoms with van der Waals surface area (Å²) in [6, 6.07) is 6.01. The van der Waals surface area contributed by atoms with Gasteiger partial charge in [0.05, 0.1) is 0 Å². The van der Waals surface area contributed by atoms with Crippen molar-refractivity contribution in [1.82, 2.24) is 5.32 Å². The molecule has 0 bridgehead atoms. The number of para-hydroxylation sites is 1. The topological polar surface area (TPSA) is 30.5 Å². The van der Waals surface area contributed by atoms with E-state index in [0.717, 1.165) is 24.6 Å². The first-order valence-electron chi connectivity index (χ1n) is 5.35. The lowest BCUT2D eigenvalue weighted by Crippen LogP contribution is -2.19. The maximum Gasteiger partial charge on any atom is 0.231 e. The average Bonchev–Trinajstić information content (AvgIpc) is 2.65. The second kappa shape index (κ2) is 4.53. The second-order valence-corrected chi connectivity index (χ2v) is 4.18. The highest BCUT2D eigenvalue weighted by Crippen LogP contribution is 2.35. The average molecular weight is 207 g/mol. The SMILES string of the molecule is CC(C)CNCc1cccc2c1OCO2. The van der Waals surface area contributed by atoms with Crippen molar-refractivity contribution >= 4 is 0 Å². The van der Waals surface area contributed by atoms with E-state index in [0.29, 0.717) is 12.7 Å². The summed E-state index contributed by atoms with van der Waals surface area (Å²) in [7, 11) is 0. The molecule has 0 aromatic heterocycles. The van der Waals surface area contributed by atoms with E-state index in [1.807, 2.05) is 12.1 Å². The van der Waals surface area contributed by atoms with Crippen LogP contribution in [0.3, 0.4) is 0 Å². The zero-order valence-corrected chi connectivity index (χ0v) is 9.25. The number of fused-ring (bicyclic) bond motifs is 1. The van der Waals surface area contributed by atoms with Crippen LogP contribution in [0.5, 0.6) is 11.5 Å². The molecule has 1 aliphatic rings. The van der Waals surface area contributed by atoms with Gasteiger partial charge >= 0.3 is 0 Å². The smallest absolute Gasteiger partial charge is 0.231 e. The number of hydrogen-bond acceptors (Lipinski definition) is 3. The van der Waals surface area contributed by atoms with Gasteiger partial charge in [-0.3, -0.25) is 0 Å². The Labute approximate surface area is 90.4 Å². The highest BCUT2D eigenvalue weighted by atomic mass is 16.7. The highest BCUT2D eigenvalue weighted by Gasteiger charge is 2.16. The molecule has 0 atom stereocenters. The fraction of sp³-hybridized carbons (Fsp3) is 0.500. The van der Waals surface area contributed by atoms with Crippen LogP contribution in [0.2, 0.25) is 0 Å². The van der Waals surface area contributed by atoms with Gasteiger partial charge in [-0.25, -0.2) is 0 Å². The Hall–Kier alpha value is -1.22. The Balaban J connectivity index is 2.00. The van der Waals surface area contributed by atoms with Crippen LogP contribution < -0.4 is 14.8 Å². The normalized spacial score (nSPS) is 13.5. The van der Waals surface area contributed by atoms with E-state index in [4.69, 9.17) is 9.47 Å². The molecule has 0 unspecified atom stereocenters. The Morgan fingerprint density at radius 2 is 2.20 bits per heavy atom. The first-order chi connectivity index (χ1) is 7.27. The Morgan fingerprint density at radius 1 is 1.33 bits per heavy atom. The fourth-order valence-corrected chi connectivity index (χ4v) is 1.63. The van der Waals surface area contributed by atoms with Crippen LogP contribution in [0.4, 0.5) is 0 Å². The molecule has 0 fully saturated rings. The first-order valence-corrected chi connectivity index (χ1v) is 5.35. The maximum atomic E-state index is 5.42. The number of benzene rings is 1. The third-order valence-electron chi connectivity index (χ3n) is 2.35. The summed E-state index contributed by atoms with van der Waals surface area (Å²) in [5, 5.41) is 3.40. The molecule has 2 rings (SSSR count). The van der Waals surface area contributed by atoms with Crippen LogP contribution in [0.15, 0.2) is 18.2 Å². The van der Waals surface area contributed by atoms with E-state index < -0.39 is 0 Å². The summed E-state index contributed by atoms with van der Waals surface area (Å²) in [4.78, 5) is 0. The minimum absolute atomic E-state index is 0.344. The lowest BCUT2D eigenvalue weighted by atomic mass is 10.1. The zero-order valence-electron chi connectivity index (χ0n) is 9.25. The minimum atomic E-state index is 0.344. The molecule has 82 valence electrons. The van der Waals surface area contributed by atoms with Gasteiger partial charge < -0.3 is 14.8 Å². The summed E-state index contributed by atoms with van der Waals surface area (Å²) >= 11 is 0. The zero-order chi connectivity index (χ0) is 10.7. The predicted octanol–water partition coefficient (Wildman–Crippen LogP) is 2.16. The molecule has 0 radical (unpaired) electrons. The van der Waals surface area contributed by atoms with Crippen molar-refractivity contribution in [3.63, 3.8) is 0 Å². The maximum absolute atomic E-state index is 5.42. The number of nitrogens with one attached hydrogen (secondary N) is 1. The molecule has 1 aromatic rings. The van der Waals surface area contributed by atoms with Gasteiger partial charge in [0.2, 0.25) is 6.79 Å². The van der Waals surface area contributed by atoms with Crippen molar-refractivity contribution in [3.8, 4) is 11.5 Å². The molecule has 3 nitrogen and oxygen atoms in total. The third kappa shape index (κ3) is 2.42. The summed E-state index contributed by atoms with van der Waals surface area (Å²) in [6.45, 7) is 6.59. The van der Waals surface area contributed by atoms with Crippen molar-refractivity contribution in [2.24, 2.45) is 5.92 Å². The molecule has 1 N–H and O–H groups in total. The van der Waals surface area contributed by atoms with Gasteiger partial charge in [-0.05, 0) is 18.5 Å². The molecule has 1 aromatic carbocycles. The molecule has 1 heterocycles. The molecule has 0 spiro atoms. The van der Waals surface area contributed by atoms with Gasteiger partial charge in [0.25, 0.3) is 0 Å². The Bertz CT molecular complexity index is 336. The van der Waals surface area contributed by atoms with Crippen molar-refractivity contribution < 1.29 is 9.47 Å². The summed E-state index contributed by atoms with van der Waals surface area (Å²) in [6.07, 6.45) is 0. The number of hydrogen-bond donors (Lipinski definition) is 1. The molecule has 3 heteroatoms. The van der Waals surface area contributed by atoms with Crippen LogP contribution >= 0.6 is 0 Å². The first kappa shape index (κ1) is 10.3. The van der Waals surface area contributed by atoms with Gasteiger partial charge in [-0.15, -0.1) is 0 Å². The van der Waals surface area contributed by atoms with Crippen LogP contribution in [0.1, 0.15) is 19.4 Å². The summed E-state index contributed by atoms with van der Waals surface area (Å²) < 4.78 is 10.7. The van der Waals surface area contributed by atoms with E-state index in [2.05, 4.69) is 25.2 Å². The van der Waals surface area contributed by atoms with E-state index in [9.17, 15) is 0 Å². The standard InChI is InChI=1S/C12H17NO2/c1-9(2)6-13-7-10-4-3-5-11-12(10)15-8-14-11/h3-5,9,13H,6-8H2,1-2H3. The quantitative estimate of drug-likeness (QED) is 0.820. The molecule has 15 heavy (non-hydrogen) atoms. The predicted molar refractivity (Wildman–Crippen MR) is 59.1 cm³/mol. The van der Waals surface area contributed by atoms with Crippen molar-refractivity contribution in [2.45, 2.75) is 20.4 Å². The third-order valence-corrected chi connectivity index (χ3v) is 2.35. The van der Waals surface area contributed by atoms with Crippen LogP contribution in [-0.2, 0) is 6.54 Å². The van der Waals surface area contributed by atoms with Crippen molar-refractivity contribution in [1.29, 1.82) is 0 Å². The molecular weight excluding hydrogens is 190 g/mol. The van der Waals surface area contributed by atoms with E-state index in [1.165, 1.54) is 5.56 Å². The summed E-state index contributed by atoms with van der Waals surface area (Å²) in [5.41, 5.74) is 1.17. The molecular formula is C12H17NO2. The monoisotopic (exact) mass is 207 g/mol. The number of ether oxygens (including phenoxy) is 2. The molecule has 1 aliphatic heterocycles. The Kier molecular flexibility index (Phi) is 3.11. The second-order valence-electron chi connectivity index (χ2n) is 4.18. The lowest BCUT2D eigenvalue weighted by molar-refractivity contribution is 0.173. The lowest BCUT2D eigenvalue weighted by Gasteiger charge is -2.09. The van der Waals surface area contributed by atoms with Gasteiger partial charge in [0, 0.05) is 12.1 Å². The molecule has 0 amide bonds. The van der Waals surface area contributed by atoms with E-state index >= 15 is 0 Å². The molecule has 0 aliphatic carbocycles. The highest BCUT2D eigenvalue weighted by molar-refractivity contribution is 5.48. The summed E-state index contributed by atoms with van der Waals surface area (Å²) in [5.74, 6) is 2.42.